The molecule has 1 aromatic carbocycles. The summed E-state index contributed by atoms with van der Waals surface area (Å²) in [5.41, 5.74) is 0.592. The van der Waals surface area contributed by atoms with Gasteiger partial charge < -0.3 is 10.5 Å². The zero-order chi connectivity index (χ0) is 9.68. The second-order valence-corrected chi connectivity index (χ2v) is 2.68. The van der Waals surface area contributed by atoms with Crippen LogP contribution in [0.25, 0.3) is 0 Å². The van der Waals surface area contributed by atoms with Crippen LogP contribution in [-0.4, -0.2) is 17.3 Å². The topological polar surface area (TPSA) is 61.7 Å². The van der Waals surface area contributed by atoms with Crippen molar-refractivity contribution in [2.24, 2.45) is 5.16 Å². The molecule has 0 spiro atoms. The normalized spacial score (nSPS) is 10.2. The highest BCUT2D eigenvalue weighted by atomic mass is 35.5. The summed E-state index contributed by atoms with van der Waals surface area (Å²) in [5.74, 6) is -0.496. The van der Waals surface area contributed by atoms with E-state index in [0.29, 0.717) is 10.7 Å². The molecule has 0 unspecified atom stereocenters. The molecule has 0 aliphatic heterocycles. The molecule has 4 nitrogen and oxygen atoms in total. The molecule has 0 bridgehead atoms. The molecular formula is C8H7ClN2O2. The number of nitrogens with zero attached hydrogens (tertiary/aromatic N) is 1. The molecular weight excluding hydrogens is 192 g/mol. The van der Waals surface area contributed by atoms with E-state index in [2.05, 4.69) is 10.5 Å². The fraction of sp³-hybridized carbons (Fsp3) is 0. The molecule has 0 aliphatic rings. The van der Waals surface area contributed by atoms with Crippen molar-refractivity contribution >= 4 is 29.4 Å². The van der Waals surface area contributed by atoms with Crippen molar-refractivity contribution in [1.29, 1.82) is 0 Å². The third-order valence-electron chi connectivity index (χ3n) is 1.29. The number of anilines is 1. The average molecular weight is 199 g/mol. The van der Waals surface area contributed by atoms with E-state index in [-0.39, 0.29) is 0 Å². The summed E-state index contributed by atoms with van der Waals surface area (Å²) in [7, 11) is 0. The predicted octanol–water partition coefficient (Wildman–Crippen LogP) is 1.74. The molecule has 0 aliphatic carbocycles. The summed E-state index contributed by atoms with van der Waals surface area (Å²) < 4.78 is 0. The van der Waals surface area contributed by atoms with Gasteiger partial charge in [-0.15, -0.1) is 0 Å². The minimum absolute atomic E-state index is 0.496. The Morgan fingerprint density at radius 1 is 1.46 bits per heavy atom. The maximum atomic E-state index is 10.8. The molecule has 13 heavy (non-hydrogen) atoms. The number of carbonyl (C=O) groups is 1. The van der Waals surface area contributed by atoms with Gasteiger partial charge in [-0.25, -0.2) is 0 Å². The first kappa shape index (κ1) is 9.54. The number of carbonyl (C=O) groups excluding carboxylic acids is 1. The minimum Gasteiger partial charge on any atom is -0.411 e. The second kappa shape index (κ2) is 4.47. The van der Waals surface area contributed by atoms with Crippen molar-refractivity contribution < 1.29 is 10.0 Å². The lowest BCUT2D eigenvalue weighted by Crippen LogP contribution is -2.12. The highest BCUT2D eigenvalue weighted by Gasteiger charge is 1.97. The molecule has 5 heteroatoms. The molecule has 0 atom stereocenters. The molecule has 1 rings (SSSR count). The van der Waals surface area contributed by atoms with Crippen LogP contribution < -0.4 is 5.32 Å². The second-order valence-electron chi connectivity index (χ2n) is 2.24. The number of hydrogen-bond acceptors (Lipinski definition) is 3. The molecule has 0 fully saturated rings. The van der Waals surface area contributed by atoms with Gasteiger partial charge in [-0.05, 0) is 24.3 Å². The number of rotatable bonds is 2. The van der Waals surface area contributed by atoms with Gasteiger partial charge in [-0.2, -0.15) is 0 Å². The van der Waals surface area contributed by atoms with E-state index in [1.54, 1.807) is 24.3 Å². The molecule has 1 aromatic rings. The Labute approximate surface area is 79.8 Å². The van der Waals surface area contributed by atoms with Crippen LogP contribution in [-0.2, 0) is 4.79 Å². The van der Waals surface area contributed by atoms with Gasteiger partial charge in [0.25, 0.3) is 5.91 Å². The van der Waals surface area contributed by atoms with E-state index in [4.69, 9.17) is 16.8 Å². The fourth-order valence-corrected chi connectivity index (χ4v) is 0.886. The molecule has 0 radical (unpaired) electrons. The first-order chi connectivity index (χ1) is 6.22. The third kappa shape index (κ3) is 3.13. The number of oxime groups is 1. The van der Waals surface area contributed by atoms with E-state index in [0.717, 1.165) is 6.21 Å². The van der Waals surface area contributed by atoms with Gasteiger partial charge in [0.2, 0.25) is 0 Å². The first-order valence-corrected chi connectivity index (χ1v) is 3.84. The van der Waals surface area contributed by atoms with Gasteiger partial charge in [0, 0.05) is 10.7 Å². The van der Waals surface area contributed by atoms with E-state index >= 15 is 0 Å². The van der Waals surface area contributed by atoms with Crippen LogP contribution in [0.1, 0.15) is 0 Å². The predicted molar refractivity (Wildman–Crippen MR) is 50.4 cm³/mol. The number of hydrogen-bond donors (Lipinski definition) is 2. The van der Waals surface area contributed by atoms with Crippen LogP contribution in [0.2, 0.25) is 5.02 Å². The van der Waals surface area contributed by atoms with E-state index in [1.807, 2.05) is 0 Å². The van der Waals surface area contributed by atoms with Gasteiger partial charge in [-0.1, -0.05) is 16.8 Å². The molecule has 68 valence electrons. The quantitative estimate of drug-likeness (QED) is 0.432. The molecule has 0 heterocycles. The smallest absolute Gasteiger partial charge is 0.270 e. The summed E-state index contributed by atoms with van der Waals surface area (Å²) in [5, 5.41) is 13.7. The monoisotopic (exact) mass is 198 g/mol. The van der Waals surface area contributed by atoms with Crippen LogP contribution in [0, 0.1) is 0 Å². The highest BCUT2D eigenvalue weighted by molar-refractivity contribution is 6.32. The maximum absolute atomic E-state index is 10.8. The van der Waals surface area contributed by atoms with Gasteiger partial charge >= 0.3 is 0 Å². The number of amides is 1. The average Bonchev–Trinajstić information content (AvgIpc) is 2.09. The standard InChI is InChI=1S/C8H7ClN2O2/c9-6-1-3-7(4-2-6)11-8(12)5-10-13/h1-5,13H,(H,11,12)/b10-5+. The zero-order valence-corrected chi connectivity index (χ0v) is 7.32. The van der Waals surface area contributed by atoms with E-state index in [9.17, 15) is 4.79 Å². The summed E-state index contributed by atoms with van der Waals surface area (Å²) >= 11 is 5.63. The van der Waals surface area contributed by atoms with Crippen LogP contribution in [0.5, 0.6) is 0 Å². The Morgan fingerprint density at radius 3 is 2.62 bits per heavy atom. The van der Waals surface area contributed by atoms with Crippen LogP contribution >= 0.6 is 11.6 Å². The molecule has 2 N–H and O–H groups in total. The van der Waals surface area contributed by atoms with E-state index < -0.39 is 5.91 Å². The minimum atomic E-state index is -0.496. The Hall–Kier alpha value is -1.55. The van der Waals surface area contributed by atoms with Crippen molar-refractivity contribution in [3.05, 3.63) is 29.3 Å². The summed E-state index contributed by atoms with van der Waals surface area (Å²) in [6.45, 7) is 0. The Kier molecular flexibility index (Phi) is 3.28. The van der Waals surface area contributed by atoms with Crippen molar-refractivity contribution in [3.8, 4) is 0 Å². The van der Waals surface area contributed by atoms with Crippen LogP contribution in [0.4, 0.5) is 5.69 Å². The number of nitrogens with one attached hydrogen (secondary N) is 1. The van der Waals surface area contributed by atoms with Gasteiger partial charge in [-0.3, -0.25) is 4.79 Å². The van der Waals surface area contributed by atoms with E-state index in [1.165, 1.54) is 0 Å². The lowest BCUT2D eigenvalue weighted by Gasteiger charge is -1.99. The molecule has 0 saturated heterocycles. The van der Waals surface area contributed by atoms with Crippen LogP contribution in [0.3, 0.4) is 0 Å². The van der Waals surface area contributed by atoms with Gasteiger partial charge in [0.05, 0.1) is 0 Å². The Morgan fingerprint density at radius 2 is 2.08 bits per heavy atom. The van der Waals surface area contributed by atoms with Gasteiger partial charge in [0.1, 0.15) is 6.21 Å². The number of benzene rings is 1. The summed E-state index contributed by atoms with van der Waals surface area (Å²) in [6.07, 6.45) is 0.772. The largest absolute Gasteiger partial charge is 0.411 e. The van der Waals surface area contributed by atoms with Gasteiger partial charge in [0.15, 0.2) is 0 Å². The third-order valence-corrected chi connectivity index (χ3v) is 1.54. The highest BCUT2D eigenvalue weighted by Crippen LogP contribution is 2.12. The van der Waals surface area contributed by atoms with Crippen molar-refractivity contribution in [1.82, 2.24) is 0 Å². The first-order valence-electron chi connectivity index (χ1n) is 3.46. The van der Waals surface area contributed by atoms with Crippen LogP contribution in [0.15, 0.2) is 29.4 Å². The maximum Gasteiger partial charge on any atom is 0.270 e. The van der Waals surface area contributed by atoms with Crippen molar-refractivity contribution in [2.45, 2.75) is 0 Å². The van der Waals surface area contributed by atoms with Crippen molar-refractivity contribution in [2.75, 3.05) is 5.32 Å². The Bertz CT molecular complexity index is 321. The molecule has 0 aromatic heterocycles. The summed E-state index contributed by atoms with van der Waals surface area (Å²) in [4.78, 5) is 10.8. The fourth-order valence-electron chi connectivity index (χ4n) is 0.760. The Balaban J connectivity index is 2.64. The SMILES string of the molecule is O=C(/C=N/O)Nc1ccc(Cl)cc1. The molecule has 1 amide bonds. The lowest BCUT2D eigenvalue weighted by molar-refractivity contribution is -0.110. The lowest BCUT2D eigenvalue weighted by atomic mass is 10.3. The number of halogens is 1. The zero-order valence-electron chi connectivity index (χ0n) is 6.57. The summed E-state index contributed by atoms with van der Waals surface area (Å²) in [6, 6.07) is 6.58. The molecule has 0 saturated carbocycles. The van der Waals surface area contributed by atoms with Crippen molar-refractivity contribution in [3.63, 3.8) is 0 Å².